The number of rotatable bonds is 8. The van der Waals surface area contributed by atoms with Crippen LogP contribution in [0.15, 0.2) is 42.6 Å². The van der Waals surface area contributed by atoms with Gasteiger partial charge in [-0.05, 0) is 35.7 Å². The van der Waals surface area contributed by atoms with Crippen LogP contribution in [0.2, 0.25) is 0 Å². The SMILES string of the molecule is COCCNC(=O)C[C@@H]1CN(Cc2ccc(OC)cc2)Cc2cccn2C1. The lowest BCUT2D eigenvalue weighted by atomic mass is 10.0. The van der Waals surface area contributed by atoms with E-state index in [4.69, 9.17) is 9.47 Å². The highest BCUT2D eigenvalue weighted by Gasteiger charge is 2.23. The van der Waals surface area contributed by atoms with Gasteiger partial charge >= 0.3 is 0 Å². The van der Waals surface area contributed by atoms with E-state index < -0.39 is 0 Å². The number of nitrogens with one attached hydrogen (secondary N) is 1. The topological polar surface area (TPSA) is 55.7 Å². The molecule has 1 aliphatic rings. The van der Waals surface area contributed by atoms with E-state index in [2.05, 4.69) is 45.2 Å². The van der Waals surface area contributed by atoms with Crippen LogP contribution >= 0.6 is 0 Å². The van der Waals surface area contributed by atoms with E-state index in [1.165, 1.54) is 11.3 Å². The molecule has 1 aromatic carbocycles. The molecule has 0 spiro atoms. The summed E-state index contributed by atoms with van der Waals surface area (Å²) in [5.41, 5.74) is 2.55. The Morgan fingerprint density at radius 2 is 2.00 bits per heavy atom. The first-order chi connectivity index (χ1) is 13.2. The monoisotopic (exact) mass is 371 g/mol. The summed E-state index contributed by atoms with van der Waals surface area (Å²) in [6.07, 6.45) is 2.64. The van der Waals surface area contributed by atoms with Crippen molar-refractivity contribution in [2.45, 2.75) is 26.1 Å². The molecule has 0 unspecified atom stereocenters. The molecule has 146 valence electrons. The predicted octanol–water partition coefficient (Wildman–Crippen LogP) is 2.28. The van der Waals surface area contributed by atoms with Crippen molar-refractivity contribution >= 4 is 5.91 Å². The number of fused-ring (bicyclic) bond motifs is 1. The maximum absolute atomic E-state index is 12.3. The summed E-state index contributed by atoms with van der Waals surface area (Å²) in [6, 6.07) is 12.5. The van der Waals surface area contributed by atoms with Crippen LogP contribution in [-0.4, -0.2) is 49.3 Å². The lowest BCUT2D eigenvalue weighted by Gasteiger charge is -2.24. The molecule has 1 amide bonds. The summed E-state index contributed by atoms with van der Waals surface area (Å²) >= 11 is 0. The largest absolute Gasteiger partial charge is 0.497 e. The van der Waals surface area contributed by atoms with E-state index in [-0.39, 0.29) is 11.8 Å². The maximum atomic E-state index is 12.3. The van der Waals surface area contributed by atoms with Crippen LogP contribution in [0.25, 0.3) is 0 Å². The van der Waals surface area contributed by atoms with Crippen molar-refractivity contribution in [2.75, 3.05) is 33.9 Å². The molecule has 2 aromatic rings. The van der Waals surface area contributed by atoms with E-state index in [0.29, 0.717) is 19.6 Å². The number of benzene rings is 1. The van der Waals surface area contributed by atoms with E-state index in [1.807, 2.05) is 12.1 Å². The summed E-state index contributed by atoms with van der Waals surface area (Å²) in [4.78, 5) is 14.7. The third-order valence-electron chi connectivity index (χ3n) is 4.95. The number of hydrogen-bond donors (Lipinski definition) is 1. The Bertz CT molecular complexity index is 727. The van der Waals surface area contributed by atoms with E-state index in [1.54, 1.807) is 14.2 Å². The molecule has 0 bridgehead atoms. The first kappa shape index (κ1) is 19.5. The number of methoxy groups -OCH3 is 2. The lowest BCUT2D eigenvalue weighted by Crippen LogP contribution is -2.33. The Balaban J connectivity index is 1.65. The first-order valence-electron chi connectivity index (χ1n) is 9.43. The van der Waals surface area contributed by atoms with Gasteiger partial charge < -0.3 is 19.4 Å². The van der Waals surface area contributed by atoms with Gasteiger partial charge in [0.15, 0.2) is 0 Å². The zero-order chi connectivity index (χ0) is 19.1. The fourth-order valence-corrected chi connectivity index (χ4v) is 3.63. The molecule has 0 fully saturated rings. The Morgan fingerprint density at radius 3 is 2.74 bits per heavy atom. The average molecular weight is 371 g/mol. The highest BCUT2D eigenvalue weighted by molar-refractivity contribution is 5.76. The molecule has 2 heterocycles. The third kappa shape index (κ3) is 5.58. The van der Waals surface area contributed by atoms with Gasteiger partial charge in [-0.15, -0.1) is 0 Å². The summed E-state index contributed by atoms with van der Waals surface area (Å²) in [7, 11) is 3.32. The van der Waals surface area contributed by atoms with Crippen LogP contribution in [-0.2, 0) is 29.2 Å². The second-order valence-electron chi connectivity index (χ2n) is 7.08. The molecule has 6 heteroatoms. The highest BCUT2D eigenvalue weighted by Crippen LogP contribution is 2.22. The number of nitrogens with zero attached hydrogens (tertiary/aromatic N) is 2. The fourth-order valence-electron chi connectivity index (χ4n) is 3.63. The summed E-state index contributed by atoms with van der Waals surface area (Å²) < 4.78 is 12.5. The standard InChI is InChI=1S/C21H29N3O3/c1-26-11-9-22-21(25)12-18-14-23(16-19-4-3-10-24(19)15-18)13-17-5-7-20(27-2)8-6-17/h3-8,10,18H,9,11-16H2,1-2H3,(H,22,25)/t18-/m1/s1. The molecule has 0 radical (unpaired) electrons. The normalized spacial score (nSPS) is 17.2. The van der Waals surface area contributed by atoms with Gasteiger partial charge in [-0.1, -0.05) is 12.1 Å². The van der Waals surface area contributed by atoms with Gasteiger partial charge in [-0.2, -0.15) is 0 Å². The predicted molar refractivity (Wildman–Crippen MR) is 105 cm³/mol. The lowest BCUT2D eigenvalue weighted by molar-refractivity contribution is -0.122. The van der Waals surface area contributed by atoms with Crippen LogP contribution in [0.5, 0.6) is 5.75 Å². The van der Waals surface area contributed by atoms with Crippen LogP contribution in [0, 0.1) is 5.92 Å². The van der Waals surface area contributed by atoms with Gasteiger partial charge in [-0.25, -0.2) is 0 Å². The number of amides is 1. The van der Waals surface area contributed by atoms with Crippen LogP contribution in [0.4, 0.5) is 0 Å². The van der Waals surface area contributed by atoms with Crippen molar-refractivity contribution in [3.63, 3.8) is 0 Å². The minimum absolute atomic E-state index is 0.0945. The number of hydrogen-bond acceptors (Lipinski definition) is 4. The van der Waals surface area contributed by atoms with Crippen LogP contribution < -0.4 is 10.1 Å². The van der Waals surface area contributed by atoms with Crippen molar-refractivity contribution in [1.29, 1.82) is 0 Å². The van der Waals surface area contributed by atoms with E-state index >= 15 is 0 Å². The molecule has 1 aromatic heterocycles. The number of carbonyl (C=O) groups excluding carboxylic acids is 1. The Hall–Kier alpha value is -2.31. The molecule has 6 nitrogen and oxygen atoms in total. The molecular weight excluding hydrogens is 342 g/mol. The van der Waals surface area contributed by atoms with Gasteiger partial charge in [0.25, 0.3) is 0 Å². The van der Waals surface area contributed by atoms with Crippen LogP contribution in [0.1, 0.15) is 17.7 Å². The molecule has 1 N–H and O–H groups in total. The van der Waals surface area contributed by atoms with Gasteiger partial charge in [0, 0.05) is 58.1 Å². The Kier molecular flexibility index (Phi) is 6.90. The molecular formula is C21H29N3O3. The minimum Gasteiger partial charge on any atom is -0.497 e. The number of ether oxygens (including phenoxy) is 2. The van der Waals surface area contributed by atoms with Crippen molar-refractivity contribution in [2.24, 2.45) is 5.92 Å². The number of aromatic nitrogens is 1. The van der Waals surface area contributed by atoms with Crippen molar-refractivity contribution < 1.29 is 14.3 Å². The fraction of sp³-hybridized carbons (Fsp3) is 0.476. The first-order valence-corrected chi connectivity index (χ1v) is 9.43. The van der Waals surface area contributed by atoms with Crippen molar-refractivity contribution in [3.8, 4) is 5.75 Å². The molecule has 0 aliphatic carbocycles. The maximum Gasteiger partial charge on any atom is 0.220 e. The zero-order valence-corrected chi connectivity index (χ0v) is 16.2. The molecule has 27 heavy (non-hydrogen) atoms. The summed E-state index contributed by atoms with van der Waals surface area (Å²) in [6.45, 7) is 4.62. The van der Waals surface area contributed by atoms with Gasteiger partial charge in [0.05, 0.1) is 13.7 Å². The van der Waals surface area contributed by atoms with Gasteiger partial charge in [0.2, 0.25) is 5.91 Å². The third-order valence-corrected chi connectivity index (χ3v) is 4.95. The molecule has 1 atom stereocenters. The Morgan fingerprint density at radius 1 is 1.19 bits per heavy atom. The smallest absolute Gasteiger partial charge is 0.220 e. The Labute approximate surface area is 161 Å². The second-order valence-corrected chi connectivity index (χ2v) is 7.08. The summed E-state index contributed by atoms with van der Waals surface area (Å²) in [5.74, 6) is 1.24. The van der Waals surface area contributed by atoms with E-state index in [9.17, 15) is 4.79 Å². The minimum atomic E-state index is 0.0945. The second kappa shape index (κ2) is 9.58. The summed E-state index contributed by atoms with van der Waals surface area (Å²) in [5, 5.41) is 2.94. The van der Waals surface area contributed by atoms with Gasteiger partial charge in [-0.3, -0.25) is 9.69 Å². The average Bonchev–Trinajstić information content (AvgIpc) is 3.02. The molecule has 3 rings (SSSR count). The molecule has 0 saturated carbocycles. The van der Waals surface area contributed by atoms with E-state index in [0.717, 1.165) is 31.9 Å². The van der Waals surface area contributed by atoms with Gasteiger partial charge in [0.1, 0.15) is 5.75 Å². The zero-order valence-electron chi connectivity index (χ0n) is 16.2. The number of carbonyl (C=O) groups is 1. The molecule has 1 aliphatic heterocycles. The van der Waals surface area contributed by atoms with Crippen LogP contribution in [0.3, 0.4) is 0 Å². The van der Waals surface area contributed by atoms with Crippen molar-refractivity contribution in [1.82, 2.24) is 14.8 Å². The quantitative estimate of drug-likeness (QED) is 0.724. The van der Waals surface area contributed by atoms with Crippen molar-refractivity contribution in [3.05, 3.63) is 53.9 Å². The molecule has 0 saturated heterocycles. The highest BCUT2D eigenvalue weighted by atomic mass is 16.5.